The van der Waals surface area contributed by atoms with Crippen molar-refractivity contribution in [1.29, 1.82) is 0 Å². The van der Waals surface area contributed by atoms with Crippen molar-refractivity contribution in [3.05, 3.63) is 71.7 Å². The predicted molar refractivity (Wildman–Crippen MR) is 107 cm³/mol. The second-order valence-electron chi connectivity index (χ2n) is 6.60. The maximum atomic E-state index is 6.26. The van der Waals surface area contributed by atoms with Crippen LogP contribution in [-0.4, -0.2) is 39.5 Å². The number of ether oxygens (including phenoxy) is 1. The molecular weight excluding hydrogens is 354 g/mol. The Labute approximate surface area is 163 Å². The summed E-state index contributed by atoms with van der Waals surface area (Å²) in [5.41, 5.74) is 8.91. The Balaban J connectivity index is 1.67. The molecule has 1 atom stereocenters. The SMILES string of the molecule is CCCCOC1=NC2C(=C(N)N1)N=C(c1cccnc1)N2Cc1cccnc1. The Morgan fingerprint density at radius 1 is 1.18 bits per heavy atom. The molecule has 1 unspecified atom stereocenters. The molecule has 8 nitrogen and oxygen atoms in total. The first kappa shape index (κ1) is 18.0. The van der Waals surface area contributed by atoms with E-state index in [1.807, 2.05) is 30.5 Å². The molecule has 0 saturated carbocycles. The quantitative estimate of drug-likeness (QED) is 0.747. The number of rotatable bonds is 6. The Morgan fingerprint density at radius 2 is 2.00 bits per heavy atom. The van der Waals surface area contributed by atoms with Crippen LogP contribution < -0.4 is 11.1 Å². The van der Waals surface area contributed by atoms with Crippen molar-refractivity contribution < 1.29 is 4.74 Å². The van der Waals surface area contributed by atoms with Crippen molar-refractivity contribution in [2.24, 2.45) is 15.7 Å². The fourth-order valence-corrected chi connectivity index (χ4v) is 3.11. The summed E-state index contributed by atoms with van der Waals surface area (Å²) >= 11 is 0. The zero-order chi connectivity index (χ0) is 19.3. The van der Waals surface area contributed by atoms with Crippen molar-refractivity contribution >= 4 is 11.9 Å². The van der Waals surface area contributed by atoms with Crippen LogP contribution in [0.1, 0.15) is 30.9 Å². The molecule has 3 N–H and O–H groups in total. The van der Waals surface area contributed by atoms with Crippen LogP contribution in [0.3, 0.4) is 0 Å². The smallest absolute Gasteiger partial charge is 0.292 e. The van der Waals surface area contributed by atoms with Gasteiger partial charge in [0.15, 0.2) is 6.17 Å². The number of nitrogens with one attached hydrogen (secondary N) is 1. The molecule has 4 heterocycles. The summed E-state index contributed by atoms with van der Waals surface area (Å²) in [4.78, 5) is 20.1. The van der Waals surface area contributed by atoms with E-state index in [0.29, 0.717) is 30.7 Å². The van der Waals surface area contributed by atoms with Gasteiger partial charge in [-0.1, -0.05) is 19.4 Å². The highest BCUT2D eigenvalue weighted by molar-refractivity contribution is 6.01. The number of fused-ring (bicyclic) bond motifs is 1. The molecule has 0 saturated heterocycles. The van der Waals surface area contributed by atoms with Crippen molar-refractivity contribution in [3.8, 4) is 0 Å². The minimum atomic E-state index is -0.353. The van der Waals surface area contributed by atoms with E-state index >= 15 is 0 Å². The highest BCUT2D eigenvalue weighted by Crippen LogP contribution is 2.30. The number of hydrogen-bond acceptors (Lipinski definition) is 8. The number of pyridine rings is 2. The molecule has 2 aliphatic heterocycles. The molecule has 0 aliphatic carbocycles. The highest BCUT2D eigenvalue weighted by atomic mass is 16.5. The third-order valence-corrected chi connectivity index (χ3v) is 4.53. The second-order valence-corrected chi connectivity index (χ2v) is 6.60. The van der Waals surface area contributed by atoms with Gasteiger partial charge in [0.25, 0.3) is 6.02 Å². The Hall–Kier alpha value is -3.42. The summed E-state index contributed by atoms with van der Waals surface area (Å²) in [6.45, 7) is 3.30. The van der Waals surface area contributed by atoms with E-state index in [9.17, 15) is 0 Å². The largest absolute Gasteiger partial charge is 0.465 e. The minimum absolute atomic E-state index is 0.353. The predicted octanol–water partition coefficient (Wildman–Crippen LogP) is 1.97. The van der Waals surface area contributed by atoms with E-state index in [1.165, 1.54) is 0 Å². The van der Waals surface area contributed by atoms with E-state index in [2.05, 4.69) is 27.1 Å². The fraction of sp³-hybridized carbons (Fsp3) is 0.300. The van der Waals surface area contributed by atoms with Gasteiger partial charge in [-0.25, -0.2) is 9.98 Å². The minimum Gasteiger partial charge on any atom is -0.465 e. The lowest BCUT2D eigenvalue weighted by molar-refractivity contribution is 0.269. The number of nitrogens with two attached hydrogens (primary N) is 1. The lowest BCUT2D eigenvalue weighted by Crippen LogP contribution is -2.43. The molecule has 2 aliphatic rings. The first-order chi connectivity index (χ1) is 13.8. The summed E-state index contributed by atoms with van der Waals surface area (Å²) in [5.74, 6) is 1.24. The lowest BCUT2D eigenvalue weighted by Gasteiger charge is -2.28. The molecule has 0 bridgehead atoms. The topological polar surface area (TPSA) is 101 Å². The van der Waals surface area contributed by atoms with E-state index in [4.69, 9.17) is 20.5 Å². The van der Waals surface area contributed by atoms with Crippen molar-refractivity contribution in [2.45, 2.75) is 32.5 Å². The van der Waals surface area contributed by atoms with Crippen LogP contribution in [0.2, 0.25) is 0 Å². The molecule has 0 amide bonds. The summed E-state index contributed by atoms with van der Waals surface area (Å²) in [7, 11) is 0. The monoisotopic (exact) mass is 377 g/mol. The standard InChI is InChI=1S/C20H23N7O/c1-2-3-10-28-20-25-17(21)16-19(26-20)27(13-14-6-4-8-22-11-14)18(24-16)15-7-5-9-23-12-15/h4-9,11-12,19H,2-3,10,13,21H2,1H3,(H,25,26). The summed E-state index contributed by atoms with van der Waals surface area (Å²) in [6, 6.07) is 8.25. The van der Waals surface area contributed by atoms with Crippen molar-refractivity contribution in [2.75, 3.05) is 6.61 Å². The third-order valence-electron chi connectivity index (χ3n) is 4.53. The van der Waals surface area contributed by atoms with E-state index < -0.39 is 0 Å². The maximum absolute atomic E-state index is 6.26. The Kier molecular flexibility index (Phi) is 5.18. The summed E-state index contributed by atoms with van der Waals surface area (Å²) in [5, 5.41) is 3.03. The molecule has 0 radical (unpaired) electrons. The van der Waals surface area contributed by atoms with Gasteiger partial charge < -0.3 is 15.4 Å². The van der Waals surface area contributed by atoms with Gasteiger partial charge in [-0.15, -0.1) is 0 Å². The number of amidine groups is 2. The molecule has 28 heavy (non-hydrogen) atoms. The first-order valence-electron chi connectivity index (χ1n) is 9.38. The van der Waals surface area contributed by atoms with Gasteiger partial charge in [0.05, 0.1) is 6.61 Å². The van der Waals surface area contributed by atoms with Crippen LogP contribution in [0.25, 0.3) is 0 Å². The maximum Gasteiger partial charge on any atom is 0.292 e. The van der Waals surface area contributed by atoms with Crippen molar-refractivity contribution in [1.82, 2.24) is 20.2 Å². The number of aliphatic imine (C=N–C) groups is 2. The summed E-state index contributed by atoms with van der Waals surface area (Å²) in [6.07, 6.45) is 8.79. The summed E-state index contributed by atoms with van der Waals surface area (Å²) < 4.78 is 5.76. The molecule has 0 aromatic carbocycles. The van der Waals surface area contributed by atoms with Gasteiger partial charge >= 0.3 is 0 Å². The molecule has 0 spiro atoms. The third kappa shape index (κ3) is 3.66. The van der Waals surface area contributed by atoms with Crippen LogP contribution in [0.4, 0.5) is 0 Å². The second kappa shape index (κ2) is 8.08. The van der Waals surface area contributed by atoms with Crippen molar-refractivity contribution in [3.63, 3.8) is 0 Å². The molecule has 2 aromatic rings. The van der Waals surface area contributed by atoms with Gasteiger partial charge in [0.1, 0.15) is 17.4 Å². The Bertz CT molecular complexity index is 909. The molecule has 2 aromatic heterocycles. The zero-order valence-electron chi connectivity index (χ0n) is 15.7. The first-order valence-corrected chi connectivity index (χ1v) is 9.38. The normalized spacial score (nSPS) is 18.3. The van der Waals surface area contributed by atoms with Crippen LogP contribution in [0, 0.1) is 0 Å². The molecule has 8 heteroatoms. The molecule has 0 fully saturated rings. The van der Waals surface area contributed by atoms with Crippen LogP contribution >= 0.6 is 0 Å². The number of nitrogens with zero attached hydrogens (tertiary/aromatic N) is 5. The zero-order valence-corrected chi connectivity index (χ0v) is 15.7. The molecular formula is C20H23N7O. The average molecular weight is 377 g/mol. The molecule has 4 rings (SSSR count). The van der Waals surface area contributed by atoms with E-state index in [-0.39, 0.29) is 6.17 Å². The molecule has 144 valence electrons. The van der Waals surface area contributed by atoms with Crippen LogP contribution in [0.5, 0.6) is 0 Å². The van der Waals surface area contributed by atoms with Gasteiger partial charge in [-0.05, 0) is 30.2 Å². The number of unbranched alkanes of at least 4 members (excludes halogenated alkanes) is 1. The lowest BCUT2D eigenvalue weighted by atomic mass is 10.2. The Morgan fingerprint density at radius 3 is 2.71 bits per heavy atom. The number of aromatic nitrogens is 2. The van der Waals surface area contributed by atoms with Gasteiger partial charge in [0, 0.05) is 36.9 Å². The van der Waals surface area contributed by atoms with Crippen LogP contribution in [-0.2, 0) is 11.3 Å². The average Bonchev–Trinajstić information content (AvgIpc) is 3.09. The van der Waals surface area contributed by atoms with Gasteiger partial charge in [0.2, 0.25) is 0 Å². The van der Waals surface area contributed by atoms with Gasteiger partial charge in [-0.3, -0.25) is 15.3 Å². The van der Waals surface area contributed by atoms with E-state index in [0.717, 1.165) is 29.8 Å². The highest BCUT2D eigenvalue weighted by Gasteiger charge is 2.37. The van der Waals surface area contributed by atoms with E-state index in [1.54, 1.807) is 18.6 Å². The van der Waals surface area contributed by atoms with Gasteiger partial charge in [-0.2, -0.15) is 0 Å². The number of hydrogen-bond donors (Lipinski definition) is 2. The fourth-order valence-electron chi connectivity index (χ4n) is 3.11. The van der Waals surface area contributed by atoms with Crippen LogP contribution in [0.15, 0.2) is 70.6 Å².